The number of nitrogens with one attached hydrogen (secondary N) is 3. The molecule has 0 radical (unpaired) electrons. The minimum atomic E-state index is -0.262. The molecule has 0 unspecified atom stereocenters. The molecule has 0 spiro atoms. The molecule has 0 saturated heterocycles. The smallest absolute Gasteiger partial charge is 0.251 e. The summed E-state index contributed by atoms with van der Waals surface area (Å²) in [6, 6.07) is 11.8. The number of carbonyl (C=O) groups excluding carboxylic acids is 2. The van der Waals surface area contributed by atoms with Gasteiger partial charge in [0, 0.05) is 22.8 Å². The third-order valence-electron chi connectivity index (χ3n) is 3.31. The predicted octanol–water partition coefficient (Wildman–Crippen LogP) is 4.18. The third-order valence-corrected chi connectivity index (χ3v) is 3.88. The summed E-state index contributed by atoms with van der Waals surface area (Å²) in [5.74, 6) is -0.427. The minimum absolute atomic E-state index is 0.0202. The number of hydrogen-bond donors (Lipinski definition) is 3. The van der Waals surface area contributed by atoms with Crippen LogP contribution in [0.2, 0.25) is 10.0 Å². The van der Waals surface area contributed by atoms with Gasteiger partial charge >= 0.3 is 0 Å². The van der Waals surface area contributed by atoms with Crippen molar-refractivity contribution in [2.45, 2.75) is 13.3 Å². The Morgan fingerprint density at radius 2 is 1.88 bits per heavy atom. The molecular weight excluding hydrogens is 361 g/mol. The van der Waals surface area contributed by atoms with Gasteiger partial charge in [0.1, 0.15) is 0 Å². The monoisotopic (exact) mass is 379 g/mol. The maximum Gasteiger partial charge on any atom is 0.251 e. The van der Waals surface area contributed by atoms with Gasteiger partial charge in [0.05, 0.1) is 17.3 Å². The molecule has 0 aromatic heterocycles. The number of hydrogen-bond acceptors (Lipinski definition) is 3. The van der Waals surface area contributed by atoms with Crippen molar-refractivity contribution < 1.29 is 9.59 Å². The number of anilines is 2. The van der Waals surface area contributed by atoms with Crippen molar-refractivity contribution in [3.8, 4) is 0 Å². The Labute approximate surface area is 156 Å². The Bertz CT molecular complexity index is 766. The molecule has 2 amide bonds. The molecule has 7 heteroatoms. The zero-order valence-corrected chi connectivity index (χ0v) is 15.2. The fourth-order valence-corrected chi connectivity index (χ4v) is 2.45. The maximum absolute atomic E-state index is 12.1. The van der Waals surface area contributed by atoms with E-state index in [1.54, 1.807) is 42.5 Å². The lowest BCUT2D eigenvalue weighted by molar-refractivity contribution is -0.114. The van der Waals surface area contributed by atoms with E-state index in [4.69, 9.17) is 23.2 Å². The van der Waals surface area contributed by atoms with Crippen molar-refractivity contribution in [3.63, 3.8) is 0 Å². The summed E-state index contributed by atoms with van der Waals surface area (Å²) in [4.78, 5) is 24.0. The lowest BCUT2D eigenvalue weighted by Crippen LogP contribution is -2.25. The highest BCUT2D eigenvalue weighted by Gasteiger charge is 2.08. The second-order valence-corrected chi connectivity index (χ2v) is 6.21. The fourth-order valence-electron chi connectivity index (χ4n) is 2.09. The summed E-state index contributed by atoms with van der Waals surface area (Å²) < 4.78 is 0. The van der Waals surface area contributed by atoms with Crippen LogP contribution in [0.5, 0.6) is 0 Å². The molecule has 2 aromatic carbocycles. The minimum Gasteiger partial charge on any atom is -0.375 e. The van der Waals surface area contributed by atoms with Gasteiger partial charge in [-0.3, -0.25) is 9.59 Å². The zero-order chi connectivity index (χ0) is 18.2. The van der Waals surface area contributed by atoms with Crippen LogP contribution in [0.4, 0.5) is 11.4 Å². The Morgan fingerprint density at radius 1 is 1.08 bits per heavy atom. The highest BCUT2D eigenvalue weighted by molar-refractivity contribution is 6.35. The van der Waals surface area contributed by atoms with Gasteiger partial charge in [0.15, 0.2) is 0 Å². The third kappa shape index (κ3) is 5.96. The maximum atomic E-state index is 12.1. The van der Waals surface area contributed by atoms with E-state index in [0.29, 0.717) is 33.5 Å². The van der Waals surface area contributed by atoms with E-state index in [9.17, 15) is 9.59 Å². The van der Waals surface area contributed by atoms with Crippen LogP contribution in [0.1, 0.15) is 23.7 Å². The van der Waals surface area contributed by atoms with E-state index in [1.165, 1.54) is 0 Å². The van der Waals surface area contributed by atoms with Crippen LogP contribution in [0.3, 0.4) is 0 Å². The molecule has 132 valence electrons. The molecule has 0 aliphatic heterocycles. The molecule has 0 fully saturated rings. The van der Waals surface area contributed by atoms with Crippen molar-refractivity contribution >= 4 is 46.4 Å². The quantitative estimate of drug-likeness (QED) is 0.675. The number of halogens is 2. The average molecular weight is 380 g/mol. The van der Waals surface area contributed by atoms with Gasteiger partial charge in [-0.15, -0.1) is 0 Å². The largest absolute Gasteiger partial charge is 0.375 e. The lowest BCUT2D eigenvalue weighted by Gasteiger charge is -2.10. The van der Waals surface area contributed by atoms with E-state index in [0.717, 1.165) is 6.42 Å². The molecule has 3 N–H and O–H groups in total. The topological polar surface area (TPSA) is 70.2 Å². The van der Waals surface area contributed by atoms with E-state index in [-0.39, 0.29) is 18.4 Å². The summed E-state index contributed by atoms with van der Waals surface area (Å²) in [7, 11) is 0. The average Bonchev–Trinajstić information content (AvgIpc) is 2.60. The summed E-state index contributed by atoms with van der Waals surface area (Å²) in [6.07, 6.45) is 0.861. The van der Waals surface area contributed by atoms with E-state index < -0.39 is 0 Å². The molecule has 5 nitrogen and oxygen atoms in total. The van der Waals surface area contributed by atoms with Crippen molar-refractivity contribution in [2.24, 2.45) is 0 Å². The standard InChI is InChI=1S/C18H19Cl2N3O2/c1-2-8-21-18(25)12-4-3-5-14(9-12)23-17(24)11-22-16-10-13(19)6-7-15(16)20/h3-7,9-10,22H,2,8,11H2,1H3,(H,21,25)(H,23,24). The van der Waals surface area contributed by atoms with Crippen LogP contribution in [-0.2, 0) is 4.79 Å². The van der Waals surface area contributed by atoms with Crippen molar-refractivity contribution in [1.82, 2.24) is 5.32 Å². The van der Waals surface area contributed by atoms with E-state index in [1.807, 2.05) is 6.92 Å². The molecule has 0 heterocycles. The number of rotatable bonds is 7. The van der Waals surface area contributed by atoms with E-state index in [2.05, 4.69) is 16.0 Å². The van der Waals surface area contributed by atoms with Crippen LogP contribution >= 0.6 is 23.2 Å². The molecule has 0 aliphatic rings. The second kappa shape index (κ2) is 9.30. The number of benzene rings is 2. The molecule has 0 saturated carbocycles. The van der Waals surface area contributed by atoms with Crippen LogP contribution in [0, 0.1) is 0 Å². The summed E-state index contributed by atoms with van der Waals surface area (Å²) in [5.41, 5.74) is 1.63. The van der Waals surface area contributed by atoms with Crippen molar-refractivity contribution in [3.05, 3.63) is 58.1 Å². The van der Waals surface area contributed by atoms with Crippen LogP contribution in [0.15, 0.2) is 42.5 Å². The molecule has 0 atom stereocenters. The SMILES string of the molecule is CCCNC(=O)c1cccc(NC(=O)CNc2cc(Cl)ccc2Cl)c1. The zero-order valence-electron chi connectivity index (χ0n) is 13.7. The highest BCUT2D eigenvalue weighted by atomic mass is 35.5. The Kier molecular flexibility index (Phi) is 7.10. The number of amides is 2. The van der Waals surface area contributed by atoms with Gasteiger partial charge in [0.2, 0.25) is 5.91 Å². The first-order chi connectivity index (χ1) is 12.0. The number of carbonyl (C=O) groups is 2. The van der Waals surface area contributed by atoms with Crippen molar-refractivity contribution in [1.29, 1.82) is 0 Å². The van der Waals surface area contributed by atoms with Gasteiger partial charge < -0.3 is 16.0 Å². The van der Waals surface area contributed by atoms with Crippen molar-refractivity contribution in [2.75, 3.05) is 23.7 Å². The van der Waals surface area contributed by atoms with Crippen LogP contribution in [-0.4, -0.2) is 24.9 Å². The summed E-state index contributed by atoms with van der Waals surface area (Å²) >= 11 is 11.9. The second-order valence-electron chi connectivity index (χ2n) is 5.36. The predicted molar refractivity (Wildman–Crippen MR) is 103 cm³/mol. The molecule has 0 aliphatic carbocycles. The fraction of sp³-hybridized carbons (Fsp3) is 0.222. The molecule has 2 rings (SSSR count). The molecular formula is C18H19Cl2N3O2. The Hall–Kier alpha value is -2.24. The Balaban J connectivity index is 1.94. The van der Waals surface area contributed by atoms with E-state index >= 15 is 0 Å². The van der Waals surface area contributed by atoms with Gasteiger partial charge in [-0.25, -0.2) is 0 Å². The molecule has 0 bridgehead atoms. The van der Waals surface area contributed by atoms with Crippen LogP contribution < -0.4 is 16.0 Å². The highest BCUT2D eigenvalue weighted by Crippen LogP contribution is 2.25. The van der Waals surface area contributed by atoms with Gasteiger partial charge in [0.25, 0.3) is 5.91 Å². The van der Waals surface area contributed by atoms with Gasteiger partial charge in [-0.05, 0) is 42.8 Å². The van der Waals surface area contributed by atoms with Gasteiger partial charge in [-0.1, -0.05) is 36.2 Å². The first kappa shape index (κ1) is 19.1. The normalized spacial score (nSPS) is 10.2. The van der Waals surface area contributed by atoms with Gasteiger partial charge in [-0.2, -0.15) is 0 Å². The summed E-state index contributed by atoms with van der Waals surface area (Å²) in [6.45, 7) is 2.61. The molecule has 25 heavy (non-hydrogen) atoms. The first-order valence-corrected chi connectivity index (χ1v) is 8.62. The Morgan fingerprint density at radius 3 is 2.64 bits per heavy atom. The molecule has 2 aromatic rings. The summed E-state index contributed by atoms with van der Waals surface area (Å²) in [5, 5.41) is 9.47. The first-order valence-electron chi connectivity index (χ1n) is 7.86. The van der Waals surface area contributed by atoms with Crippen LogP contribution in [0.25, 0.3) is 0 Å². The lowest BCUT2D eigenvalue weighted by atomic mass is 10.2.